The molecule has 0 unspecified atom stereocenters. The fourth-order valence-electron chi connectivity index (χ4n) is 3.10. The van der Waals surface area contributed by atoms with Crippen LogP contribution in [0.2, 0.25) is 0 Å². The van der Waals surface area contributed by atoms with Crippen LogP contribution in [0.25, 0.3) is 0 Å². The van der Waals surface area contributed by atoms with Crippen LogP contribution in [0, 0.1) is 10.1 Å². The summed E-state index contributed by atoms with van der Waals surface area (Å²) in [6.45, 7) is 1.84. The van der Waals surface area contributed by atoms with Crippen LogP contribution in [-0.4, -0.2) is 62.5 Å². The first-order chi connectivity index (χ1) is 14.8. The quantitative estimate of drug-likeness (QED) is 0.316. The van der Waals surface area contributed by atoms with E-state index in [1.165, 1.54) is 34.8 Å². The van der Waals surface area contributed by atoms with E-state index >= 15 is 0 Å². The maximum Gasteiger partial charge on any atom is 0.295 e. The predicted molar refractivity (Wildman–Crippen MR) is 117 cm³/mol. The molecule has 164 valence electrons. The molecule has 1 saturated heterocycles. The zero-order chi connectivity index (χ0) is 22.4. The number of quaternary nitrogens is 1. The molecule has 1 fully saturated rings. The molecular formula is C19H21BrN5O5S+. The molecule has 12 heteroatoms. The molecule has 0 atom stereocenters. The molecule has 1 heterocycles. The Morgan fingerprint density at radius 1 is 1.16 bits per heavy atom. The summed E-state index contributed by atoms with van der Waals surface area (Å²) < 4.78 is 27.7. The van der Waals surface area contributed by atoms with E-state index in [1.54, 1.807) is 24.3 Å². The molecule has 0 saturated carbocycles. The molecule has 1 aliphatic rings. The summed E-state index contributed by atoms with van der Waals surface area (Å²) in [6, 6.07) is 12.3. The normalized spacial score (nSPS) is 15.8. The number of nitro benzene ring substituents is 1. The number of nitrogens with one attached hydrogen (secondary N) is 2. The molecule has 31 heavy (non-hydrogen) atoms. The fourth-order valence-corrected chi connectivity index (χ4v) is 4.81. The first-order valence-electron chi connectivity index (χ1n) is 9.41. The van der Waals surface area contributed by atoms with Crippen molar-refractivity contribution in [3.8, 4) is 0 Å². The van der Waals surface area contributed by atoms with Crippen molar-refractivity contribution < 1.29 is 23.0 Å². The number of sulfonamides is 1. The van der Waals surface area contributed by atoms with Crippen LogP contribution in [0.5, 0.6) is 0 Å². The van der Waals surface area contributed by atoms with Gasteiger partial charge in [-0.25, -0.2) is 13.8 Å². The number of benzene rings is 2. The molecule has 1 amide bonds. The van der Waals surface area contributed by atoms with Gasteiger partial charge in [0.05, 0.1) is 42.2 Å². The number of carbonyl (C=O) groups is 1. The average Bonchev–Trinajstić information content (AvgIpc) is 2.75. The Morgan fingerprint density at radius 3 is 2.35 bits per heavy atom. The first kappa shape index (κ1) is 23.0. The highest BCUT2D eigenvalue weighted by molar-refractivity contribution is 9.10. The van der Waals surface area contributed by atoms with Crippen molar-refractivity contribution in [1.82, 2.24) is 9.73 Å². The van der Waals surface area contributed by atoms with Crippen LogP contribution >= 0.6 is 15.9 Å². The lowest BCUT2D eigenvalue weighted by Crippen LogP contribution is -3.15. The van der Waals surface area contributed by atoms with Crippen molar-refractivity contribution in [3.63, 3.8) is 0 Å². The number of amides is 1. The minimum Gasteiger partial charge on any atom is -0.325 e. The number of hydrogen-bond acceptors (Lipinski definition) is 6. The minimum atomic E-state index is -3.55. The fraction of sp³-hybridized carbons (Fsp3) is 0.263. The van der Waals surface area contributed by atoms with Gasteiger partial charge in [-0.3, -0.25) is 14.9 Å². The predicted octanol–water partition coefficient (Wildman–Crippen LogP) is 0.397. The van der Waals surface area contributed by atoms with Crippen LogP contribution in [0.15, 0.2) is 63.0 Å². The zero-order valence-electron chi connectivity index (χ0n) is 16.4. The summed E-state index contributed by atoms with van der Waals surface area (Å²) in [5, 5.41) is 14.5. The topological polar surface area (TPSA) is 126 Å². The highest BCUT2D eigenvalue weighted by Crippen LogP contribution is 2.18. The van der Waals surface area contributed by atoms with Crippen LogP contribution in [0.3, 0.4) is 0 Å². The number of non-ortho nitro benzene ring substituents is 1. The van der Waals surface area contributed by atoms with E-state index in [-0.39, 0.29) is 23.0 Å². The van der Waals surface area contributed by atoms with E-state index < -0.39 is 14.9 Å². The Bertz CT molecular complexity index is 1070. The maximum absolute atomic E-state index is 12.7. The maximum atomic E-state index is 12.7. The highest BCUT2D eigenvalue weighted by Gasteiger charge is 2.31. The summed E-state index contributed by atoms with van der Waals surface area (Å²) in [4.78, 5) is 23.5. The molecule has 2 N–H and O–H groups in total. The van der Waals surface area contributed by atoms with Crippen molar-refractivity contribution >= 4 is 43.8 Å². The smallest absolute Gasteiger partial charge is 0.295 e. The van der Waals surface area contributed by atoms with Gasteiger partial charge >= 0.3 is 0 Å². The zero-order valence-corrected chi connectivity index (χ0v) is 18.8. The van der Waals surface area contributed by atoms with Crippen LogP contribution < -0.4 is 10.3 Å². The molecule has 10 nitrogen and oxygen atoms in total. The van der Waals surface area contributed by atoms with Gasteiger partial charge in [-0.15, -0.1) is 0 Å². The molecule has 0 radical (unpaired) electrons. The Hall–Kier alpha value is -2.67. The molecule has 0 aromatic heterocycles. The van der Waals surface area contributed by atoms with E-state index in [4.69, 9.17) is 0 Å². The van der Waals surface area contributed by atoms with Gasteiger partial charge in [0.2, 0.25) is 10.0 Å². The standard InChI is InChI=1S/C19H20BrN5O5S/c20-16-3-7-18(8-4-16)31(29,30)24-11-9-23(10-12-24)14-19(26)22-21-13-15-1-5-17(6-2-15)25(27)28/h1-8,13H,9-12,14H2,(H,22,26)/p+1. The summed E-state index contributed by atoms with van der Waals surface area (Å²) in [7, 11) is -3.55. The Morgan fingerprint density at radius 2 is 1.77 bits per heavy atom. The van der Waals surface area contributed by atoms with Gasteiger partial charge in [0.15, 0.2) is 6.54 Å². The summed E-state index contributed by atoms with van der Waals surface area (Å²) >= 11 is 3.29. The van der Waals surface area contributed by atoms with Crippen LogP contribution in [0.4, 0.5) is 5.69 Å². The van der Waals surface area contributed by atoms with Crippen molar-refractivity contribution in [2.45, 2.75) is 4.90 Å². The van der Waals surface area contributed by atoms with E-state index in [0.29, 0.717) is 31.7 Å². The highest BCUT2D eigenvalue weighted by atomic mass is 79.9. The third-order valence-corrected chi connectivity index (χ3v) is 7.24. The van der Waals surface area contributed by atoms with Gasteiger partial charge in [0.25, 0.3) is 11.6 Å². The molecule has 2 aromatic carbocycles. The minimum absolute atomic E-state index is 0.0222. The number of nitrogens with zero attached hydrogens (tertiary/aromatic N) is 3. The van der Waals surface area contributed by atoms with Crippen molar-refractivity contribution in [2.75, 3.05) is 32.7 Å². The Balaban J connectivity index is 1.46. The molecule has 0 spiro atoms. The first-order valence-corrected chi connectivity index (χ1v) is 11.6. The molecule has 1 aliphatic heterocycles. The van der Waals surface area contributed by atoms with E-state index in [2.05, 4.69) is 26.5 Å². The van der Waals surface area contributed by atoms with Crippen molar-refractivity contribution in [3.05, 3.63) is 68.7 Å². The number of hydrazone groups is 1. The van der Waals surface area contributed by atoms with E-state index in [0.717, 1.165) is 9.37 Å². The number of carbonyl (C=O) groups excluding carboxylic acids is 1. The monoisotopic (exact) mass is 510 g/mol. The Kier molecular flexibility index (Phi) is 7.49. The summed E-state index contributed by atoms with van der Waals surface area (Å²) in [5.74, 6) is -0.294. The second kappa shape index (κ2) is 10.1. The summed E-state index contributed by atoms with van der Waals surface area (Å²) in [5.41, 5.74) is 3.02. The lowest BCUT2D eigenvalue weighted by atomic mass is 10.2. The molecule has 0 bridgehead atoms. The molecule has 3 rings (SSSR count). The van der Waals surface area contributed by atoms with Crippen molar-refractivity contribution in [2.24, 2.45) is 5.10 Å². The van der Waals surface area contributed by atoms with Gasteiger partial charge in [-0.05, 0) is 42.0 Å². The lowest BCUT2D eigenvalue weighted by Gasteiger charge is -2.31. The van der Waals surface area contributed by atoms with Gasteiger partial charge < -0.3 is 4.90 Å². The van der Waals surface area contributed by atoms with Gasteiger partial charge in [-0.2, -0.15) is 9.41 Å². The van der Waals surface area contributed by atoms with Gasteiger partial charge in [0.1, 0.15) is 0 Å². The SMILES string of the molecule is O=C(C[NH+]1CCN(S(=O)(=O)c2ccc(Br)cc2)CC1)NN=Cc1ccc([N+](=O)[O-])cc1. The summed E-state index contributed by atoms with van der Waals surface area (Å²) in [6.07, 6.45) is 1.40. The number of piperazine rings is 1. The number of halogens is 1. The van der Waals surface area contributed by atoms with Gasteiger partial charge in [-0.1, -0.05) is 15.9 Å². The van der Waals surface area contributed by atoms with E-state index in [1.807, 2.05) is 0 Å². The second-order valence-corrected chi connectivity index (χ2v) is 9.78. The Labute approximate surface area is 187 Å². The van der Waals surface area contributed by atoms with E-state index in [9.17, 15) is 23.3 Å². The second-order valence-electron chi connectivity index (χ2n) is 6.93. The molecular weight excluding hydrogens is 490 g/mol. The third-order valence-electron chi connectivity index (χ3n) is 4.80. The number of rotatable bonds is 7. The van der Waals surface area contributed by atoms with Gasteiger partial charge in [0, 0.05) is 16.6 Å². The average molecular weight is 511 g/mol. The lowest BCUT2D eigenvalue weighted by molar-refractivity contribution is -0.895. The van der Waals surface area contributed by atoms with Crippen LogP contribution in [-0.2, 0) is 14.8 Å². The number of nitro groups is 1. The largest absolute Gasteiger partial charge is 0.325 e. The number of hydrogen-bond donors (Lipinski definition) is 2. The van der Waals surface area contributed by atoms with Crippen molar-refractivity contribution in [1.29, 1.82) is 0 Å². The molecule has 0 aliphatic carbocycles. The third kappa shape index (κ3) is 6.17. The molecule has 2 aromatic rings. The van der Waals surface area contributed by atoms with Crippen LogP contribution in [0.1, 0.15) is 5.56 Å².